The van der Waals surface area contributed by atoms with E-state index in [1.807, 2.05) is 0 Å². The van der Waals surface area contributed by atoms with E-state index in [1.54, 1.807) is 0 Å². The van der Waals surface area contributed by atoms with E-state index >= 15 is 0 Å². The summed E-state index contributed by atoms with van der Waals surface area (Å²) in [5, 5.41) is 0.172. The van der Waals surface area contributed by atoms with E-state index in [-0.39, 0.29) is 5.04 Å². The lowest BCUT2D eigenvalue weighted by molar-refractivity contribution is 0.140. The van der Waals surface area contributed by atoms with E-state index in [9.17, 15) is 0 Å². The third kappa shape index (κ3) is 4.07. The lowest BCUT2D eigenvalue weighted by Gasteiger charge is -2.46. The fraction of sp³-hybridized carbons (Fsp3) is 1.00. The summed E-state index contributed by atoms with van der Waals surface area (Å²) in [5.41, 5.74) is 0. The fourth-order valence-corrected chi connectivity index (χ4v) is 7.09. The van der Waals surface area contributed by atoms with Gasteiger partial charge in [0.1, 0.15) is 0 Å². The Bertz CT molecular complexity index is 200. The Morgan fingerprint density at radius 1 is 0.944 bits per heavy atom. The van der Waals surface area contributed by atoms with Crippen LogP contribution in [-0.2, 0) is 8.85 Å². The predicted octanol–water partition coefficient (Wildman–Crippen LogP) is 5.13. The van der Waals surface area contributed by atoms with Crippen LogP contribution < -0.4 is 0 Å². The first kappa shape index (κ1) is 18.1. The van der Waals surface area contributed by atoms with Crippen LogP contribution in [0.3, 0.4) is 0 Å². The standard InChI is InChI=1S/C15H34O2Si/c1-8-12-14(5)15(6,7)18(13-9-2,16-10-3)17-11-4/h14H,8-13H2,1-7H3. The molecule has 0 rings (SSSR count). The molecule has 18 heavy (non-hydrogen) atoms. The zero-order valence-corrected chi connectivity index (χ0v) is 14.6. The molecular formula is C15H34O2Si. The molecule has 0 saturated carbocycles. The normalized spacial score (nSPS) is 14.8. The van der Waals surface area contributed by atoms with Crippen LogP contribution in [0.2, 0.25) is 11.1 Å². The van der Waals surface area contributed by atoms with Gasteiger partial charge in [-0.05, 0) is 25.8 Å². The second-order valence-corrected chi connectivity index (χ2v) is 9.65. The number of hydrogen-bond acceptors (Lipinski definition) is 2. The Kier molecular flexibility index (Phi) is 8.40. The molecule has 0 aliphatic rings. The molecule has 0 radical (unpaired) electrons. The second-order valence-electron chi connectivity index (χ2n) is 5.78. The van der Waals surface area contributed by atoms with Gasteiger partial charge in [-0.2, -0.15) is 0 Å². The second kappa shape index (κ2) is 8.34. The summed E-state index contributed by atoms with van der Waals surface area (Å²) in [5.74, 6) is 0.652. The van der Waals surface area contributed by atoms with Crippen molar-refractivity contribution < 1.29 is 8.85 Å². The molecule has 1 unspecified atom stereocenters. The van der Waals surface area contributed by atoms with Crippen molar-refractivity contribution >= 4 is 8.56 Å². The summed E-state index contributed by atoms with van der Waals surface area (Å²) in [6.07, 6.45) is 3.64. The van der Waals surface area contributed by atoms with Gasteiger partial charge in [0, 0.05) is 18.3 Å². The van der Waals surface area contributed by atoms with Crippen molar-refractivity contribution in [3.8, 4) is 0 Å². The molecule has 0 saturated heterocycles. The zero-order chi connectivity index (χ0) is 14.2. The Hall–Kier alpha value is 0.137. The van der Waals surface area contributed by atoms with Crippen LogP contribution in [0.4, 0.5) is 0 Å². The Balaban J connectivity index is 5.21. The quantitative estimate of drug-likeness (QED) is 0.514. The average Bonchev–Trinajstić information content (AvgIpc) is 2.30. The summed E-state index contributed by atoms with van der Waals surface area (Å²) >= 11 is 0. The minimum atomic E-state index is -2.12. The maximum absolute atomic E-state index is 6.26. The molecule has 0 aromatic heterocycles. The van der Waals surface area contributed by atoms with Crippen molar-refractivity contribution in [2.24, 2.45) is 5.92 Å². The van der Waals surface area contributed by atoms with Gasteiger partial charge in [-0.1, -0.05) is 53.9 Å². The van der Waals surface area contributed by atoms with E-state index in [0.29, 0.717) is 5.92 Å². The van der Waals surface area contributed by atoms with Crippen LogP contribution in [0.25, 0.3) is 0 Å². The third-order valence-corrected chi connectivity index (χ3v) is 9.39. The van der Waals surface area contributed by atoms with Crippen LogP contribution in [0.1, 0.15) is 67.7 Å². The van der Waals surface area contributed by atoms with Gasteiger partial charge in [-0.3, -0.25) is 0 Å². The van der Waals surface area contributed by atoms with Gasteiger partial charge in [0.05, 0.1) is 0 Å². The molecule has 3 heteroatoms. The van der Waals surface area contributed by atoms with Crippen LogP contribution >= 0.6 is 0 Å². The lowest BCUT2D eigenvalue weighted by atomic mass is 9.92. The van der Waals surface area contributed by atoms with Crippen molar-refractivity contribution in [3.63, 3.8) is 0 Å². The van der Waals surface area contributed by atoms with Crippen LogP contribution in [0, 0.1) is 5.92 Å². The summed E-state index contributed by atoms with van der Waals surface area (Å²) < 4.78 is 12.5. The van der Waals surface area contributed by atoms with Gasteiger partial charge in [-0.25, -0.2) is 0 Å². The summed E-state index contributed by atoms with van der Waals surface area (Å²) in [4.78, 5) is 0. The molecule has 2 nitrogen and oxygen atoms in total. The van der Waals surface area contributed by atoms with Crippen LogP contribution in [0.15, 0.2) is 0 Å². The highest BCUT2D eigenvalue weighted by molar-refractivity contribution is 6.70. The minimum absolute atomic E-state index is 0.172. The Morgan fingerprint density at radius 3 is 1.78 bits per heavy atom. The van der Waals surface area contributed by atoms with Crippen molar-refractivity contribution in [3.05, 3.63) is 0 Å². The summed E-state index contributed by atoms with van der Waals surface area (Å²) in [6.45, 7) is 17.3. The molecule has 0 heterocycles. The largest absolute Gasteiger partial charge is 0.394 e. The minimum Gasteiger partial charge on any atom is -0.394 e. The highest BCUT2D eigenvalue weighted by Gasteiger charge is 2.53. The molecule has 1 atom stereocenters. The smallest absolute Gasteiger partial charge is 0.344 e. The van der Waals surface area contributed by atoms with Crippen LogP contribution in [0.5, 0.6) is 0 Å². The molecule has 0 amide bonds. The maximum atomic E-state index is 6.26. The topological polar surface area (TPSA) is 18.5 Å². The third-order valence-electron chi connectivity index (χ3n) is 4.27. The lowest BCUT2D eigenvalue weighted by Crippen LogP contribution is -2.53. The first-order valence-corrected chi connectivity index (χ1v) is 9.72. The van der Waals surface area contributed by atoms with E-state index in [0.717, 1.165) is 25.7 Å². The zero-order valence-electron chi connectivity index (χ0n) is 13.6. The van der Waals surface area contributed by atoms with E-state index in [2.05, 4.69) is 48.5 Å². The van der Waals surface area contributed by atoms with E-state index in [1.165, 1.54) is 12.8 Å². The molecule has 0 aliphatic carbocycles. The molecule has 0 N–H and O–H groups in total. The Labute approximate surface area is 116 Å². The number of rotatable bonds is 10. The SMILES string of the molecule is CCCC(C)C(C)(C)[Si](CCC)(OCC)OCC. The van der Waals surface area contributed by atoms with E-state index in [4.69, 9.17) is 8.85 Å². The average molecular weight is 275 g/mol. The first-order chi connectivity index (χ1) is 8.41. The monoisotopic (exact) mass is 274 g/mol. The van der Waals surface area contributed by atoms with Crippen molar-refractivity contribution in [1.29, 1.82) is 0 Å². The van der Waals surface area contributed by atoms with E-state index < -0.39 is 8.56 Å². The molecule has 0 aliphatic heterocycles. The molecule has 110 valence electrons. The van der Waals surface area contributed by atoms with Gasteiger partial charge in [0.2, 0.25) is 0 Å². The summed E-state index contributed by atoms with van der Waals surface area (Å²) in [6, 6.07) is 1.11. The molecule has 0 aromatic carbocycles. The van der Waals surface area contributed by atoms with Crippen LogP contribution in [-0.4, -0.2) is 21.8 Å². The molecule has 0 bridgehead atoms. The summed E-state index contributed by atoms with van der Waals surface area (Å²) in [7, 11) is -2.12. The molecule has 0 spiro atoms. The van der Waals surface area contributed by atoms with Gasteiger partial charge in [0.25, 0.3) is 0 Å². The number of hydrogen-bond donors (Lipinski definition) is 0. The predicted molar refractivity (Wildman–Crippen MR) is 82.2 cm³/mol. The molecule has 0 aromatic rings. The van der Waals surface area contributed by atoms with Crippen molar-refractivity contribution in [1.82, 2.24) is 0 Å². The first-order valence-electron chi connectivity index (χ1n) is 7.69. The highest BCUT2D eigenvalue weighted by atomic mass is 28.4. The fourth-order valence-electron chi connectivity index (χ4n) is 2.84. The van der Waals surface area contributed by atoms with Crippen molar-refractivity contribution in [2.45, 2.75) is 78.8 Å². The van der Waals surface area contributed by atoms with Gasteiger partial charge >= 0.3 is 8.56 Å². The van der Waals surface area contributed by atoms with Gasteiger partial charge < -0.3 is 8.85 Å². The highest BCUT2D eigenvalue weighted by Crippen LogP contribution is 2.49. The van der Waals surface area contributed by atoms with Gasteiger partial charge in [-0.15, -0.1) is 0 Å². The molecular weight excluding hydrogens is 240 g/mol. The molecule has 0 fully saturated rings. The Morgan fingerprint density at radius 2 is 1.44 bits per heavy atom. The maximum Gasteiger partial charge on any atom is 0.344 e. The van der Waals surface area contributed by atoms with Gasteiger partial charge in [0.15, 0.2) is 0 Å². The van der Waals surface area contributed by atoms with Crippen molar-refractivity contribution in [2.75, 3.05) is 13.2 Å².